The molecule has 0 aliphatic heterocycles. The van der Waals surface area contributed by atoms with Crippen LogP contribution in [0.5, 0.6) is 0 Å². The molecule has 0 aliphatic carbocycles. The number of rotatable bonds is 6. The van der Waals surface area contributed by atoms with Gasteiger partial charge in [0.2, 0.25) is 0 Å². The van der Waals surface area contributed by atoms with Gasteiger partial charge < -0.3 is 5.32 Å². The van der Waals surface area contributed by atoms with E-state index in [0.717, 1.165) is 24.9 Å². The van der Waals surface area contributed by atoms with Crippen molar-refractivity contribution in [2.24, 2.45) is 0 Å². The number of pyridine rings is 1. The van der Waals surface area contributed by atoms with Crippen molar-refractivity contribution in [1.82, 2.24) is 10.3 Å². The number of halogens is 1. The van der Waals surface area contributed by atoms with Crippen LogP contribution < -0.4 is 5.32 Å². The molecule has 3 nitrogen and oxygen atoms in total. The van der Waals surface area contributed by atoms with Crippen LogP contribution in [-0.2, 0) is 0 Å². The van der Waals surface area contributed by atoms with Crippen molar-refractivity contribution in [2.75, 3.05) is 6.54 Å². The zero-order chi connectivity index (χ0) is 11.8. The van der Waals surface area contributed by atoms with Gasteiger partial charge >= 0.3 is 0 Å². The standard InChI is InChI=1S/C12H16ClN3/c1-10(15-7-4-2-3-6-14)11-5-8-16-12(13)9-11/h5,8-10,15H,2-4,7H2,1H3. The van der Waals surface area contributed by atoms with Crippen LogP contribution in [0.1, 0.15) is 37.8 Å². The lowest BCUT2D eigenvalue weighted by Crippen LogP contribution is -2.19. The Hall–Kier alpha value is -1.11. The number of nitriles is 1. The molecule has 0 saturated carbocycles. The Bertz CT molecular complexity index is 360. The zero-order valence-electron chi connectivity index (χ0n) is 9.41. The predicted molar refractivity (Wildman–Crippen MR) is 65.1 cm³/mol. The molecule has 0 radical (unpaired) electrons. The molecule has 0 bridgehead atoms. The minimum atomic E-state index is 0.266. The van der Waals surface area contributed by atoms with Crippen molar-refractivity contribution in [2.45, 2.75) is 32.2 Å². The molecular weight excluding hydrogens is 222 g/mol. The van der Waals surface area contributed by atoms with Crippen LogP contribution in [0.25, 0.3) is 0 Å². The Kier molecular flexibility index (Phi) is 5.84. The summed E-state index contributed by atoms with van der Waals surface area (Å²) in [7, 11) is 0. The summed E-state index contributed by atoms with van der Waals surface area (Å²) in [6, 6.07) is 6.23. The monoisotopic (exact) mass is 237 g/mol. The van der Waals surface area contributed by atoms with E-state index in [9.17, 15) is 0 Å². The summed E-state index contributed by atoms with van der Waals surface area (Å²) in [6.45, 7) is 3.01. The van der Waals surface area contributed by atoms with Crippen LogP contribution in [0, 0.1) is 11.3 Å². The Balaban J connectivity index is 2.30. The Morgan fingerprint density at radius 1 is 1.56 bits per heavy atom. The minimum absolute atomic E-state index is 0.266. The Labute approximate surface area is 101 Å². The molecular formula is C12H16ClN3. The summed E-state index contributed by atoms with van der Waals surface area (Å²) in [5, 5.41) is 12.3. The van der Waals surface area contributed by atoms with Crippen molar-refractivity contribution >= 4 is 11.6 Å². The number of nitrogens with zero attached hydrogens (tertiary/aromatic N) is 2. The lowest BCUT2D eigenvalue weighted by molar-refractivity contribution is 0.548. The average molecular weight is 238 g/mol. The van der Waals surface area contributed by atoms with Gasteiger partial charge in [-0.1, -0.05) is 11.6 Å². The highest BCUT2D eigenvalue weighted by Gasteiger charge is 2.04. The maximum Gasteiger partial charge on any atom is 0.129 e. The first-order valence-corrected chi connectivity index (χ1v) is 5.83. The van der Waals surface area contributed by atoms with Gasteiger partial charge in [-0.05, 0) is 44.0 Å². The molecule has 1 heterocycles. The molecule has 16 heavy (non-hydrogen) atoms. The smallest absolute Gasteiger partial charge is 0.129 e. The van der Waals surface area contributed by atoms with Crippen LogP contribution >= 0.6 is 11.6 Å². The van der Waals surface area contributed by atoms with Gasteiger partial charge in [0, 0.05) is 18.7 Å². The molecule has 86 valence electrons. The van der Waals surface area contributed by atoms with Gasteiger partial charge in [-0.2, -0.15) is 5.26 Å². The minimum Gasteiger partial charge on any atom is -0.310 e. The van der Waals surface area contributed by atoms with Gasteiger partial charge in [0.05, 0.1) is 6.07 Å². The van der Waals surface area contributed by atoms with Crippen LogP contribution in [0.15, 0.2) is 18.3 Å². The molecule has 1 atom stereocenters. The van der Waals surface area contributed by atoms with Crippen molar-refractivity contribution in [3.63, 3.8) is 0 Å². The molecule has 1 aromatic rings. The van der Waals surface area contributed by atoms with Gasteiger partial charge in [0.1, 0.15) is 5.15 Å². The second-order valence-corrected chi connectivity index (χ2v) is 4.09. The van der Waals surface area contributed by atoms with E-state index in [1.54, 1.807) is 6.20 Å². The molecule has 0 amide bonds. The van der Waals surface area contributed by atoms with Crippen molar-refractivity contribution in [1.29, 1.82) is 5.26 Å². The van der Waals surface area contributed by atoms with Crippen LogP contribution in [0.2, 0.25) is 5.15 Å². The highest BCUT2D eigenvalue weighted by molar-refractivity contribution is 6.29. The fraction of sp³-hybridized carbons (Fsp3) is 0.500. The van der Waals surface area contributed by atoms with E-state index in [-0.39, 0.29) is 6.04 Å². The quantitative estimate of drug-likeness (QED) is 0.611. The third-order valence-electron chi connectivity index (χ3n) is 2.42. The molecule has 0 aliphatic rings. The Morgan fingerprint density at radius 3 is 3.06 bits per heavy atom. The summed E-state index contributed by atoms with van der Waals surface area (Å²) >= 11 is 5.82. The summed E-state index contributed by atoms with van der Waals surface area (Å²) in [5.74, 6) is 0. The summed E-state index contributed by atoms with van der Waals surface area (Å²) in [6.07, 6.45) is 4.33. The van der Waals surface area contributed by atoms with E-state index in [4.69, 9.17) is 16.9 Å². The number of hydrogen-bond donors (Lipinski definition) is 1. The molecule has 0 fully saturated rings. The topological polar surface area (TPSA) is 48.7 Å². The van der Waals surface area contributed by atoms with Gasteiger partial charge in [0.25, 0.3) is 0 Å². The first-order valence-electron chi connectivity index (χ1n) is 5.46. The van der Waals surface area contributed by atoms with Crippen molar-refractivity contribution < 1.29 is 0 Å². The average Bonchev–Trinajstić information content (AvgIpc) is 2.28. The SMILES string of the molecule is CC(NCCCCC#N)c1ccnc(Cl)c1. The predicted octanol–water partition coefficient (Wildman–Crippen LogP) is 3.08. The van der Waals surface area contributed by atoms with E-state index >= 15 is 0 Å². The summed E-state index contributed by atoms with van der Waals surface area (Å²) < 4.78 is 0. The van der Waals surface area contributed by atoms with E-state index in [1.165, 1.54) is 0 Å². The normalized spacial score (nSPS) is 12.1. The molecule has 0 saturated heterocycles. The largest absolute Gasteiger partial charge is 0.310 e. The van der Waals surface area contributed by atoms with E-state index in [0.29, 0.717) is 11.6 Å². The van der Waals surface area contributed by atoms with Gasteiger partial charge in [-0.3, -0.25) is 0 Å². The highest BCUT2D eigenvalue weighted by Crippen LogP contribution is 2.15. The third kappa shape index (κ3) is 4.61. The highest BCUT2D eigenvalue weighted by atomic mass is 35.5. The second kappa shape index (κ2) is 7.21. The lowest BCUT2D eigenvalue weighted by Gasteiger charge is -2.13. The van der Waals surface area contributed by atoms with Gasteiger partial charge in [-0.15, -0.1) is 0 Å². The fourth-order valence-electron chi connectivity index (χ4n) is 1.45. The van der Waals surface area contributed by atoms with E-state index < -0.39 is 0 Å². The summed E-state index contributed by atoms with van der Waals surface area (Å²) in [4.78, 5) is 3.94. The Morgan fingerprint density at radius 2 is 2.38 bits per heavy atom. The maximum absolute atomic E-state index is 8.39. The molecule has 1 aromatic heterocycles. The molecule has 1 N–H and O–H groups in total. The molecule has 1 rings (SSSR count). The van der Waals surface area contributed by atoms with Crippen LogP contribution in [0.4, 0.5) is 0 Å². The molecule has 0 spiro atoms. The third-order valence-corrected chi connectivity index (χ3v) is 2.62. The zero-order valence-corrected chi connectivity index (χ0v) is 10.2. The van der Waals surface area contributed by atoms with Gasteiger partial charge in [0.15, 0.2) is 0 Å². The first kappa shape index (κ1) is 13.0. The number of hydrogen-bond acceptors (Lipinski definition) is 3. The van der Waals surface area contributed by atoms with Gasteiger partial charge in [-0.25, -0.2) is 4.98 Å². The van der Waals surface area contributed by atoms with Crippen LogP contribution in [-0.4, -0.2) is 11.5 Å². The first-order chi connectivity index (χ1) is 7.74. The fourth-order valence-corrected chi connectivity index (χ4v) is 1.63. The van der Waals surface area contributed by atoms with Crippen molar-refractivity contribution in [3.8, 4) is 6.07 Å². The summed E-state index contributed by atoms with van der Waals surface area (Å²) in [5.41, 5.74) is 1.14. The van der Waals surface area contributed by atoms with Crippen LogP contribution in [0.3, 0.4) is 0 Å². The number of nitrogens with one attached hydrogen (secondary N) is 1. The van der Waals surface area contributed by atoms with Crippen molar-refractivity contribution in [3.05, 3.63) is 29.0 Å². The maximum atomic E-state index is 8.39. The van der Waals surface area contributed by atoms with E-state index in [2.05, 4.69) is 23.3 Å². The molecule has 0 aromatic carbocycles. The second-order valence-electron chi connectivity index (χ2n) is 3.70. The number of unbranched alkanes of at least 4 members (excludes halogenated alkanes) is 2. The van der Waals surface area contributed by atoms with E-state index in [1.807, 2.05) is 12.1 Å². The lowest BCUT2D eigenvalue weighted by atomic mass is 10.1. The molecule has 4 heteroatoms. The molecule has 1 unspecified atom stereocenters. The number of aromatic nitrogens is 1.